The molecule has 0 spiro atoms. The molecule has 1 aliphatic heterocycles. The fourth-order valence-corrected chi connectivity index (χ4v) is 10.5. The third-order valence-electron chi connectivity index (χ3n) is 2.66. The van der Waals surface area contributed by atoms with E-state index >= 15 is 0 Å². The molecule has 1 heterocycles. The minimum atomic E-state index is -0.638. The summed E-state index contributed by atoms with van der Waals surface area (Å²) in [5.74, 6) is 1.72. The predicted molar refractivity (Wildman–Crippen MR) is 65.9 cm³/mol. The molecule has 0 N–H and O–H groups in total. The monoisotopic (exact) mass is 522 g/mol. The average molecular weight is 521 g/mol. The molecule has 0 saturated heterocycles. The van der Waals surface area contributed by atoms with Gasteiger partial charge in [-0.05, 0) is 0 Å². The van der Waals surface area contributed by atoms with Crippen LogP contribution in [0.5, 0.6) is 11.5 Å². The predicted octanol–water partition coefficient (Wildman–Crippen LogP) is 2.82. The van der Waals surface area contributed by atoms with Crippen molar-refractivity contribution in [3.8, 4) is 11.5 Å². The van der Waals surface area contributed by atoms with Gasteiger partial charge in [-0.3, -0.25) is 0 Å². The number of benzene rings is 1. The Hall–Kier alpha value is 0.445. The number of hydrogen-bond donors (Lipinski definition) is 0. The summed E-state index contributed by atoms with van der Waals surface area (Å²) in [5, 5.41) is 0. The molecule has 0 saturated carbocycles. The van der Waals surface area contributed by atoms with Gasteiger partial charge in [0.2, 0.25) is 0 Å². The molecular weight excluding hydrogens is 508 g/mol. The normalized spacial score (nSPS) is 14.6. The van der Waals surface area contributed by atoms with Gasteiger partial charge in [-0.15, -0.1) is 0 Å². The first-order valence-electron chi connectivity index (χ1n) is 5.30. The van der Waals surface area contributed by atoms with E-state index in [2.05, 4.69) is 29.8 Å². The van der Waals surface area contributed by atoms with Crippen molar-refractivity contribution in [3.63, 3.8) is 0 Å². The number of hydrogen-bond acceptors (Lipinski definition) is 3. The molecule has 2 rings (SSSR count). The van der Waals surface area contributed by atoms with Crippen molar-refractivity contribution in [1.29, 1.82) is 0 Å². The molecule has 84 valence electrons. The molecule has 1 aromatic rings. The maximum atomic E-state index is 5.49. The number of halogens is 1. The first-order valence-corrected chi connectivity index (χ1v) is 24.7. The first kappa shape index (κ1) is 12.9. The van der Waals surface area contributed by atoms with Gasteiger partial charge in [-0.1, -0.05) is 0 Å². The fraction of sp³-hybridized carbons (Fsp3) is 0.455. The number of rotatable bonds is 5. The van der Waals surface area contributed by atoms with Crippen LogP contribution in [0, 0.1) is 0 Å². The van der Waals surface area contributed by atoms with Crippen molar-refractivity contribution < 1.29 is 34.5 Å². The van der Waals surface area contributed by atoms with Gasteiger partial charge in [-0.25, -0.2) is 0 Å². The quantitative estimate of drug-likeness (QED) is 0.442. The third-order valence-corrected chi connectivity index (χ3v) is 11.5. The van der Waals surface area contributed by atoms with Gasteiger partial charge >= 0.3 is 118 Å². The van der Waals surface area contributed by atoms with Crippen LogP contribution in [0.1, 0.15) is 5.56 Å². The Morgan fingerprint density at radius 2 is 2.25 bits per heavy atom. The molecule has 1 unspecified atom stereocenters. The van der Waals surface area contributed by atoms with Gasteiger partial charge in [0.05, 0.1) is 0 Å². The van der Waals surface area contributed by atoms with E-state index in [1.807, 2.05) is 6.07 Å². The second kappa shape index (κ2) is 6.40. The summed E-state index contributed by atoms with van der Waals surface area (Å²) in [4.78, 5) is 0. The topological polar surface area (TPSA) is 27.7 Å². The average Bonchev–Trinajstić information content (AvgIpc) is 2.75. The third kappa shape index (κ3) is 3.23. The molecule has 0 fully saturated rings. The van der Waals surface area contributed by atoms with Crippen molar-refractivity contribution in [1.82, 2.24) is 0 Å². The Kier molecular flexibility index (Phi) is 5.15. The van der Waals surface area contributed by atoms with Crippen LogP contribution in [0.15, 0.2) is 18.2 Å². The van der Waals surface area contributed by atoms with E-state index in [0.717, 1.165) is 17.9 Å². The van der Waals surface area contributed by atoms with Gasteiger partial charge in [0.25, 0.3) is 0 Å². The Bertz CT molecular complexity index is 359. The summed E-state index contributed by atoms with van der Waals surface area (Å²) in [7, 11) is 1.80. The van der Waals surface area contributed by atoms with Crippen LogP contribution in [0.2, 0.25) is 3.93 Å². The first-order chi connectivity index (χ1) is 7.83. The summed E-state index contributed by atoms with van der Waals surface area (Å²) < 4.78 is 17.4. The standard InChI is InChI=1S/C11H13O3.Hg.HI/c1-8(12-2)5-9-3-4-10-11(6-9)14-7-13-10;;/h3-4,6,8H,1,5,7H2,2H3;;1H/q;+1;/p-1. The van der Waals surface area contributed by atoms with Crippen molar-refractivity contribution >= 4 is 17.7 Å². The Morgan fingerprint density at radius 1 is 1.44 bits per heavy atom. The summed E-state index contributed by atoms with van der Waals surface area (Å²) in [5.41, 5.74) is 1.27. The van der Waals surface area contributed by atoms with Crippen molar-refractivity contribution in [2.45, 2.75) is 16.5 Å². The van der Waals surface area contributed by atoms with E-state index in [-0.39, 0.29) is 0 Å². The van der Waals surface area contributed by atoms with Gasteiger partial charge in [-0.2, -0.15) is 0 Å². The van der Waals surface area contributed by atoms with Crippen LogP contribution in [0.4, 0.5) is 0 Å². The summed E-state index contributed by atoms with van der Waals surface area (Å²) >= 11 is 1.96. The molecule has 16 heavy (non-hydrogen) atoms. The van der Waals surface area contributed by atoms with E-state index in [1.54, 1.807) is 7.11 Å². The molecular formula is C11H13HgIO3. The van der Waals surface area contributed by atoms with Crippen molar-refractivity contribution in [3.05, 3.63) is 23.8 Å². The minimum absolute atomic E-state index is 0.345. The zero-order chi connectivity index (χ0) is 11.4. The molecule has 3 nitrogen and oxygen atoms in total. The molecule has 1 atom stereocenters. The van der Waals surface area contributed by atoms with Crippen molar-refractivity contribution in [2.24, 2.45) is 0 Å². The molecule has 0 aliphatic carbocycles. The molecule has 1 aliphatic rings. The molecule has 5 heteroatoms. The molecule has 0 amide bonds. The summed E-state index contributed by atoms with van der Waals surface area (Å²) in [6.07, 6.45) is 1.37. The summed E-state index contributed by atoms with van der Waals surface area (Å²) in [6.45, 7) is 0.345. The number of methoxy groups -OCH3 is 1. The van der Waals surface area contributed by atoms with Crippen LogP contribution in [-0.2, 0) is 31.4 Å². The van der Waals surface area contributed by atoms with Crippen LogP contribution in [0.3, 0.4) is 0 Å². The molecule has 1 aromatic carbocycles. The van der Waals surface area contributed by atoms with Gasteiger partial charge in [0, 0.05) is 0 Å². The SMILES string of the molecule is COC([CH2][Hg][I])Cc1ccc2c(c1)OCO2. The van der Waals surface area contributed by atoms with E-state index in [4.69, 9.17) is 14.2 Å². The number of ether oxygens (including phenoxy) is 3. The van der Waals surface area contributed by atoms with Gasteiger partial charge < -0.3 is 0 Å². The zero-order valence-corrected chi connectivity index (χ0v) is 16.9. The van der Waals surface area contributed by atoms with Crippen LogP contribution in [-0.4, -0.2) is 20.0 Å². The molecule has 0 radical (unpaired) electrons. The maximum absolute atomic E-state index is 5.49. The Balaban J connectivity index is 2.04. The van der Waals surface area contributed by atoms with Crippen molar-refractivity contribution in [2.75, 3.05) is 13.9 Å². The van der Waals surface area contributed by atoms with E-state index in [9.17, 15) is 0 Å². The van der Waals surface area contributed by atoms with Crippen LogP contribution >= 0.6 is 17.7 Å². The van der Waals surface area contributed by atoms with Gasteiger partial charge in [0.1, 0.15) is 0 Å². The molecule has 0 aromatic heterocycles. The summed E-state index contributed by atoms with van der Waals surface area (Å²) in [6, 6.07) is 6.15. The second-order valence-electron chi connectivity index (χ2n) is 3.73. The van der Waals surface area contributed by atoms with E-state index in [0.29, 0.717) is 12.9 Å². The van der Waals surface area contributed by atoms with E-state index < -0.39 is 20.2 Å². The van der Waals surface area contributed by atoms with E-state index in [1.165, 1.54) is 9.49 Å². The Morgan fingerprint density at radius 3 is 3.00 bits per heavy atom. The van der Waals surface area contributed by atoms with Crippen LogP contribution < -0.4 is 9.47 Å². The number of fused-ring (bicyclic) bond motifs is 1. The second-order valence-corrected chi connectivity index (χ2v) is 16.9. The Labute approximate surface area is 117 Å². The van der Waals surface area contributed by atoms with Crippen LogP contribution in [0.25, 0.3) is 0 Å². The molecule has 0 bridgehead atoms. The fourth-order valence-electron chi connectivity index (χ4n) is 1.76. The zero-order valence-electron chi connectivity index (χ0n) is 9.24. The van der Waals surface area contributed by atoms with Gasteiger partial charge in [0.15, 0.2) is 0 Å².